The Morgan fingerprint density at radius 3 is 2.42 bits per heavy atom. The van der Waals surface area contributed by atoms with Crippen molar-refractivity contribution in [2.24, 2.45) is 0 Å². The number of amides is 1. The first-order valence-corrected chi connectivity index (χ1v) is 8.06. The molecule has 0 aliphatic rings. The molecule has 7 heteroatoms. The molecule has 2 aromatic rings. The largest absolute Gasteiger partial charge is 0.507 e. The van der Waals surface area contributed by atoms with E-state index in [0.29, 0.717) is 17.2 Å². The standard InChI is InChI=1S/C19H23NO6/c1-12-7-8-15(22)14(9-12)19(23)20-10-13(21)11-26-18-16(24-2)5-4-6-17(18)25-3/h4-9,13,21-22H,10-11H2,1-3H3,(H,20,23). The van der Waals surface area contributed by atoms with Crippen molar-refractivity contribution >= 4 is 5.91 Å². The van der Waals surface area contributed by atoms with Gasteiger partial charge in [-0.2, -0.15) is 0 Å². The summed E-state index contributed by atoms with van der Waals surface area (Å²) < 4.78 is 16.0. The number of methoxy groups -OCH3 is 2. The monoisotopic (exact) mass is 361 g/mol. The second-order valence-electron chi connectivity index (χ2n) is 5.69. The molecule has 2 aromatic carbocycles. The van der Waals surface area contributed by atoms with E-state index < -0.39 is 12.0 Å². The number of aliphatic hydroxyl groups excluding tert-OH is 1. The number of phenols is 1. The fourth-order valence-corrected chi connectivity index (χ4v) is 2.34. The minimum Gasteiger partial charge on any atom is -0.507 e. The lowest BCUT2D eigenvalue weighted by atomic mass is 10.1. The van der Waals surface area contributed by atoms with E-state index in [0.717, 1.165) is 5.56 Å². The molecule has 0 spiro atoms. The molecule has 0 saturated heterocycles. The maximum atomic E-state index is 12.1. The average molecular weight is 361 g/mol. The van der Waals surface area contributed by atoms with Crippen molar-refractivity contribution in [1.29, 1.82) is 0 Å². The Morgan fingerprint density at radius 1 is 1.15 bits per heavy atom. The van der Waals surface area contributed by atoms with Crippen LogP contribution in [0.25, 0.3) is 0 Å². The summed E-state index contributed by atoms with van der Waals surface area (Å²) in [5.41, 5.74) is 1.00. The Balaban J connectivity index is 1.93. The number of aryl methyl sites for hydroxylation is 1. The molecular formula is C19H23NO6. The number of aliphatic hydroxyl groups is 1. The lowest BCUT2D eigenvalue weighted by Gasteiger charge is -2.17. The minimum absolute atomic E-state index is 0.0380. The summed E-state index contributed by atoms with van der Waals surface area (Å²) in [5.74, 6) is 0.743. The van der Waals surface area contributed by atoms with Crippen molar-refractivity contribution in [1.82, 2.24) is 5.32 Å². The van der Waals surface area contributed by atoms with E-state index in [9.17, 15) is 15.0 Å². The molecule has 2 rings (SSSR count). The van der Waals surface area contributed by atoms with Crippen molar-refractivity contribution in [3.8, 4) is 23.0 Å². The van der Waals surface area contributed by atoms with Gasteiger partial charge in [0.2, 0.25) is 5.75 Å². The lowest BCUT2D eigenvalue weighted by molar-refractivity contribution is 0.0831. The Hall–Kier alpha value is -2.93. The molecule has 1 amide bonds. The van der Waals surface area contributed by atoms with Gasteiger partial charge in [0.1, 0.15) is 18.5 Å². The van der Waals surface area contributed by atoms with Crippen LogP contribution in [0.15, 0.2) is 36.4 Å². The summed E-state index contributed by atoms with van der Waals surface area (Å²) >= 11 is 0. The molecule has 3 N–H and O–H groups in total. The third-order valence-corrected chi connectivity index (χ3v) is 3.70. The van der Waals surface area contributed by atoms with Crippen LogP contribution in [0.4, 0.5) is 0 Å². The van der Waals surface area contributed by atoms with Crippen molar-refractivity contribution < 1.29 is 29.2 Å². The maximum absolute atomic E-state index is 12.1. The molecule has 0 saturated carbocycles. The van der Waals surface area contributed by atoms with Gasteiger partial charge in [-0.15, -0.1) is 0 Å². The maximum Gasteiger partial charge on any atom is 0.255 e. The van der Waals surface area contributed by atoms with Gasteiger partial charge in [0.15, 0.2) is 11.5 Å². The molecule has 26 heavy (non-hydrogen) atoms. The molecule has 0 aromatic heterocycles. The number of carbonyl (C=O) groups is 1. The summed E-state index contributed by atoms with van der Waals surface area (Å²) in [6.07, 6.45) is -0.958. The van der Waals surface area contributed by atoms with Gasteiger partial charge in [0.25, 0.3) is 5.91 Å². The molecule has 1 unspecified atom stereocenters. The topological polar surface area (TPSA) is 97.3 Å². The highest BCUT2D eigenvalue weighted by atomic mass is 16.5. The second-order valence-corrected chi connectivity index (χ2v) is 5.69. The van der Waals surface area contributed by atoms with Crippen molar-refractivity contribution in [2.45, 2.75) is 13.0 Å². The molecule has 0 bridgehead atoms. The highest BCUT2D eigenvalue weighted by Crippen LogP contribution is 2.36. The average Bonchev–Trinajstić information content (AvgIpc) is 2.65. The number of ether oxygens (including phenoxy) is 3. The van der Waals surface area contributed by atoms with Gasteiger partial charge in [-0.3, -0.25) is 4.79 Å². The van der Waals surface area contributed by atoms with Gasteiger partial charge >= 0.3 is 0 Å². The summed E-state index contributed by atoms with van der Waals surface area (Å²) in [6.45, 7) is 1.71. The Labute approximate surface area is 152 Å². The van der Waals surface area contributed by atoms with Crippen LogP contribution in [0.3, 0.4) is 0 Å². The van der Waals surface area contributed by atoms with E-state index in [2.05, 4.69) is 5.32 Å². The zero-order valence-corrected chi connectivity index (χ0v) is 15.0. The Kier molecular flexibility index (Phi) is 6.68. The summed E-state index contributed by atoms with van der Waals surface area (Å²) in [7, 11) is 3.01. The van der Waals surface area contributed by atoms with Crippen LogP contribution >= 0.6 is 0 Å². The van der Waals surface area contributed by atoms with E-state index in [4.69, 9.17) is 14.2 Å². The highest BCUT2D eigenvalue weighted by molar-refractivity contribution is 5.97. The van der Waals surface area contributed by atoms with Crippen LogP contribution < -0.4 is 19.5 Å². The fraction of sp³-hybridized carbons (Fsp3) is 0.316. The zero-order valence-electron chi connectivity index (χ0n) is 15.0. The number of carbonyl (C=O) groups excluding carboxylic acids is 1. The van der Waals surface area contributed by atoms with Crippen LogP contribution in [-0.4, -0.2) is 49.6 Å². The van der Waals surface area contributed by atoms with Gasteiger partial charge in [-0.05, 0) is 31.2 Å². The van der Waals surface area contributed by atoms with Crippen molar-refractivity contribution in [3.63, 3.8) is 0 Å². The van der Waals surface area contributed by atoms with E-state index in [1.165, 1.54) is 20.3 Å². The summed E-state index contributed by atoms with van der Waals surface area (Å²) in [4.78, 5) is 12.1. The number of para-hydroxylation sites is 1. The van der Waals surface area contributed by atoms with Crippen LogP contribution in [-0.2, 0) is 0 Å². The third kappa shape index (κ3) is 4.80. The first kappa shape index (κ1) is 19.4. The molecule has 0 aliphatic carbocycles. The molecule has 140 valence electrons. The number of hydrogen-bond donors (Lipinski definition) is 3. The summed E-state index contributed by atoms with van der Waals surface area (Å²) in [5, 5.41) is 22.4. The second kappa shape index (κ2) is 8.96. The number of hydrogen-bond acceptors (Lipinski definition) is 6. The van der Waals surface area contributed by atoms with Gasteiger partial charge in [0, 0.05) is 6.54 Å². The lowest BCUT2D eigenvalue weighted by Crippen LogP contribution is -2.35. The van der Waals surface area contributed by atoms with Gasteiger partial charge in [-0.1, -0.05) is 17.7 Å². The molecule has 7 nitrogen and oxygen atoms in total. The minimum atomic E-state index is -0.958. The van der Waals surface area contributed by atoms with Crippen LogP contribution in [0.1, 0.15) is 15.9 Å². The van der Waals surface area contributed by atoms with Gasteiger partial charge in [-0.25, -0.2) is 0 Å². The SMILES string of the molecule is COc1cccc(OC)c1OCC(O)CNC(=O)c1cc(C)ccc1O. The highest BCUT2D eigenvalue weighted by Gasteiger charge is 2.16. The smallest absolute Gasteiger partial charge is 0.255 e. The van der Waals surface area contributed by atoms with E-state index in [-0.39, 0.29) is 24.5 Å². The first-order chi connectivity index (χ1) is 12.5. The van der Waals surface area contributed by atoms with E-state index >= 15 is 0 Å². The predicted molar refractivity (Wildman–Crippen MR) is 96.2 cm³/mol. The first-order valence-electron chi connectivity index (χ1n) is 8.06. The molecule has 1 atom stereocenters. The number of aromatic hydroxyl groups is 1. The molecule has 0 fully saturated rings. The Bertz CT molecular complexity index is 739. The summed E-state index contributed by atoms with van der Waals surface area (Å²) in [6, 6.07) is 9.93. The quantitative estimate of drug-likeness (QED) is 0.664. The third-order valence-electron chi connectivity index (χ3n) is 3.70. The van der Waals surface area contributed by atoms with Gasteiger partial charge in [0.05, 0.1) is 19.8 Å². The molecule has 0 aliphatic heterocycles. The zero-order chi connectivity index (χ0) is 19.1. The van der Waals surface area contributed by atoms with Crippen LogP contribution in [0, 0.1) is 6.92 Å². The van der Waals surface area contributed by atoms with Crippen LogP contribution in [0.5, 0.6) is 23.0 Å². The number of phenolic OH excluding ortho intramolecular Hbond substituents is 1. The number of nitrogens with one attached hydrogen (secondary N) is 1. The molecule has 0 heterocycles. The van der Waals surface area contributed by atoms with Crippen LogP contribution in [0.2, 0.25) is 0 Å². The normalized spacial score (nSPS) is 11.5. The van der Waals surface area contributed by atoms with Crippen molar-refractivity contribution in [3.05, 3.63) is 47.5 Å². The van der Waals surface area contributed by atoms with E-state index in [1.807, 2.05) is 6.92 Å². The Morgan fingerprint density at radius 2 is 1.81 bits per heavy atom. The van der Waals surface area contributed by atoms with Gasteiger partial charge < -0.3 is 29.7 Å². The fourth-order valence-electron chi connectivity index (χ4n) is 2.34. The molecular weight excluding hydrogens is 338 g/mol. The number of rotatable bonds is 8. The number of benzene rings is 2. The van der Waals surface area contributed by atoms with Crippen molar-refractivity contribution in [2.75, 3.05) is 27.4 Å². The van der Waals surface area contributed by atoms with E-state index in [1.54, 1.807) is 30.3 Å². The molecule has 0 radical (unpaired) electrons. The predicted octanol–water partition coefficient (Wildman–Crippen LogP) is 1.89.